The van der Waals surface area contributed by atoms with Gasteiger partial charge in [0.05, 0.1) is 0 Å². The van der Waals surface area contributed by atoms with E-state index in [1.54, 1.807) is 0 Å². The van der Waals surface area contributed by atoms with E-state index in [4.69, 9.17) is 0 Å². The molecule has 0 amide bonds. The molecule has 0 nitrogen and oxygen atoms in total. The average molecular weight is 409 g/mol. The van der Waals surface area contributed by atoms with E-state index in [9.17, 15) is 0 Å². The Kier molecular flexibility index (Phi) is 3.90. The van der Waals surface area contributed by atoms with Crippen molar-refractivity contribution in [2.24, 2.45) is 0 Å². The molecule has 2 aliphatic rings. The third-order valence-corrected chi connectivity index (χ3v) is 7.49. The normalized spacial score (nSPS) is 13.8. The molecule has 2 aliphatic carbocycles. The van der Waals surface area contributed by atoms with Crippen LogP contribution in [0.2, 0.25) is 0 Å². The van der Waals surface area contributed by atoms with E-state index in [0.717, 1.165) is 25.7 Å². The number of hydrogen-bond donors (Lipinski definition) is 0. The van der Waals surface area contributed by atoms with Gasteiger partial charge in [0.25, 0.3) is 0 Å². The van der Waals surface area contributed by atoms with E-state index in [-0.39, 0.29) is 0 Å². The zero-order valence-electron chi connectivity index (χ0n) is 18.1. The van der Waals surface area contributed by atoms with Crippen LogP contribution in [0.1, 0.15) is 22.3 Å². The Morgan fingerprint density at radius 3 is 1.22 bits per heavy atom. The molecule has 8 rings (SSSR count). The molecule has 6 aromatic carbocycles. The standard InChI is InChI=1S/C32H24/c1-3-7-27-21(5-1)17-19-29-23-9-10-24-12-14-26(16-15-25(13-11-23)31(27)29)32-28-8-4-2-6-22(28)18-20-30(24)32/h1-8,11-14,17-20H,9-10,15-16H2. The van der Waals surface area contributed by atoms with E-state index in [1.807, 2.05) is 0 Å². The van der Waals surface area contributed by atoms with Crippen molar-refractivity contribution < 1.29 is 0 Å². The fourth-order valence-electron chi connectivity index (χ4n) is 5.91. The Morgan fingerprint density at radius 2 is 0.719 bits per heavy atom. The first kappa shape index (κ1) is 18.0. The summed E-state index contributed by atoms with van der Waals surface area (Å²) in [6.07, 6.45) is 4.25. The molecule has 4 bridgehead atoms. The lowest BCUT2D eigenvalue weighted by atomic mass is 9.86. The van der Waals surface area contributed by atoms with Gasteiger partial charge in [-0.05, 0) is 91.0 Å². The first-order valence-corrected chi connectivity index (χ1v) is 11.7. The third kappa shape index (κ3) is 2.63. The fourth-order valence-corrected chi connectivity index (χ4v) is 5.91. The number of rotatable bonds is 0. The first-order valence-electron chi connectivity index (χ1n) is 11.7. The lowest BCUT2D eigenvalue weighted by molar-refractivity contribution is 0.949. The van der Waals surface area contributed by atoms with Crippen LogP contribution in [-0.2, 0) is 25.7 Å². The number of benzene rings is 6. The van der Waals surface area contributed by atoms with Crippen LogP contribution in [0.25, 0.3) is 43.1 Å². The molecule has 0 heterocycles. The van der Waals surface area contributed by atoms with Crippen LogP contribution in [0.4, 0.5) is 0 Å². The van der Waals surface area contributed by atoms with Gasteiger partial charge in [0.1, 0.15) is 0 Å². The predicted octanol–water partition coefficient (Wildman–Crippen LogP) is 8.18. The second kappa shape index (κ2) is 6.93. The molecule has 0 N–H and O–H groups in total. The number of fused-ring (bicyclic) bond motifs is 7. The van der Waals surface area contributed by atoms with Gasteiger partial charge in [0, 0.05) is 0 Å². The summed E-state index contributed by atoms with van der Waals surface area (Å²) in [6, 6.07) is 36.6. The molecule has 0 spiro atoms. The maximum atomic E-state index is 2.40. The highest BCUT2D eigenvalue weighted by molar-refractivity contribution is 6.11. The van der Waals surface area contributed by atoms with Crippen molar-refractivity contribution in [3.8, 4) is 0 Å². The Bertz CT molecular complexity index is 1540. The summed E-state index contributed by atoms with van der Waals surface area (Å²) in [5.41, 5.74) is 5.87. The summed E-state index contributed by atoms with van der Waals surface area (Å²) < 4.78 is 0. The van der Waals surface area contributed by atoms with Crippen LogP contribution >= 0.6 is 0 Å². The van der Waals surface area contributed by atoms with Crippen molar-refractivity contribution in [3.63, 3.8) is 0 Å². The quantitative estimate of drug-likeness (QED) is 0.222. The fraction of sp³-hybridized carbons (Fsp3) is 0.125. The van der Waals surface area contributed by atoms with Gasteiger partial charge < -0.3 is 0 Å². The molecule has 6 aromatic rings. The predicted molar refractivity (Wildman–Crippen MR) is 138 cm³/mol. The molecule has 0 fully saturated rings. The highest BCUT2D eigenvalue weighted by Gasteiger charge is 2.15. The summed E-state index contributed by atoms with van der Waals surface area (Å²) in [5, 5.41) is 11.3. The molecule has 152 valence electrons. The van der Waals surface area contributed by atoms with Crippen LogP contribution in [0.3, 0.4) is 0 Å². The van der Waals surface area contributed by atoms with E-state index in [2.05, 4.69) is 97.1 Å². The average Bonchev–Trinajstić information content (AvgIpc) is 2.84. The maximum Gasteiger partial charge on any atom is -0.00704 e. The lowest BCUT2D eigenvalue weighted by Crippen LogP contribution is -2.02. The third-order valence-electron chi connectivity index (χ3n) is 7.49. The van der Waals surface area contributed by atoms with E-state index in [0.29, 0.717) is 0 Å². The summed E-state index contributed by atoms with van der Waals surface area (Å²) in [5.74, 6) is 0. The van der Waals surface area contributed by atoms with Crippen LogP contribution in [0.15, 0.2) is 97.1 Å². The van der Waals surface area contributed by atoms with Crippen molar-refractivity contribution in [1.29, 1.82) is 0 Å². The van der Waals surface area contributed by atoms with Crippen molar-refractivity contribution >= 4 is 43.1 Å². The number of aryl methyl sites for hydroxylation is 4. The van der Waals surface area contributed by atoms with E-state index < -0.39 is 0 Å². The molecule has 32 heavy (non-hydrogen) atoms. The summed E-state index contributed by atoms with van der Waals surface area (Å²) >= 11 is 0. The van der Waals surface area contributed by atoms with Gasteiger partial charge in [-0.3, -0.25) is 0 Å². The van der Waals surface area contributed by atoms with Gasteiger partial charge >= 0.3 is 0 Å². The van der Waals surface area contributed by atoms with Crippen LogP contribution in [-0.4, -0.2) is 0 Å². The van der Waals surface area contributed by atoms with Gasteiger partial charge in [-0.2, -0.15) is 0 Å². The minimum absolute atomic E-state index is 1.06. The molecule has 0 aromatic heterocycles. The van der Waals surface area contributed by atoms with Crippen molar-refractivity contribution in [2.75, 3.05) is 0 Å². The molecule has 0 saturated carbocycles. The summed E-state index contributed by atoms with van der Waals surface area (Å²) in [7, 11) is 0. The lowest BCUT2D eigenvalue weighted by Gasteiger charge is -2.19. The Labute approximate surface area is 188 Å². The topological polar surface area (TPSA) is 0 Å². The molecule has 0 radical (unpaired) electrons. The molecular weight excluding hydrogens is 384 g/mol. The summed E-state index contributed by atoms with van der Waals surface area (Å²) in [6.45, 7) is 0. The molecule has 0 aliphatic heterocycles. The SMILES string of the molecule is c1ccc2c(c1)ccc1c3ccc(c12)CCc1ccc(c2ccc4ccccc4c12)CC3. The molecular formula is C32H24. The molecule has 0 saturated heterocycles. The highest BCUT2D eigenvalue weighted by Crippen LogP contribution is 2.36. The number of hydrogen-bond acceptors (Lipinski definition) is 0. The van der Waals surface area contributed by atoms with Crippen LogP contribution < -0.4 is 0 Å². The molecule has 0 heteroatoms. The minimum atomic E-state index is 1.06. The smallest absolute Gasteiger partial charge is 0.00704 e. The second-order valence-electron chi connectivity index (χ2n) is 9.19. The molecule has 0 unspecified atom stereocenters. The van der Waals surface area contributed by atoms with Gasteiger partial charge in [0.2, 0.25) is 0 Å². The monoisotopic (exact) mass is 408 g/mol. The maximum absolute atomic E-state index is 2.40. The van der Waals surface area contributed by atoms with Crippen molar-refractivity contribution in [3.05, 3.63) is 119 Å². The zero-order chi connectivity index (χ0) is 21.1. The van der Waals surface area contributed by atoms with E-state index in [1.165, 1.54) is 65.3 Å². The Morgan fingerprint density at radius 1 is 0.312 bits per heavy atom. The van der Waals surface area contributed by atoms with Crippen LogP contribution in [0.5, 0.6) is 0 Å². The second-order valence-corrected chi connectivity index (χ2v) is 9.19. The Hall–Kier alpha value is -3.64. The summed E-state index contributed by atoms with van der Waals surface area (Å²) in [4.78, 5) is 0. The van der Waals surface area contributed by atoms with Gasteiger partial charge in [-0.25, -0.2) is 0 Å². The van der Waals surface area contributed by atoms with E-state index >= 15 is 0 Å². The first-order chi connectivity index (χ1) is 15.9. The largest absolute Gasteiger partial charge is 0.0616 e. The molecule has 0 atom stereocenters. The zero-order valence-corrected chi connectivity index (χ0v) is 18.1. The van der Waals surface area contributed by atoms with Crippen molar-refractivity contribution in [1.82, 2.24) is 0 Å². The van der Waals surface area contributed by atoms with Gasteiger partial charge in [0.15, 0.2) is 0 Å². The van der Waals surface area contributed by atoms with Crippen LogP contribution in [0, 0.1) is 0 Å². The van der Waals surface area contributed by atoms with Crippen molar-refractivity contribution in [2.45, 2.75) is 25.7 Å². The minimum Gasteiger partial charge on any atom is -0.0616 e. The Balaban J connectivity index is 1.52. The highest BCUT2D eigenvalue weighted by atomic mass is 14.2. The van der Waals surface area contributed by atoms with Gasteiger partial charge in [-0.15, -0.1) is 0 Å². The van der Waals surface area contributed by atoms with Gasteiger partial charge in [-0.1, -0.05) is 97.1 Å².